The van der Waals surface area contributed by atoms with Gasteiger partial charge in [-0.1, -0.05) is 0 Å². The van der Waals surface area contributed by atoms with Crippen molar-refractivity contribution in [3.05, 3.63) is 23.7 Å². The fourth-order valence-electron chi connectivity index (χ4n) is 2.04. The highest BCUT2D eigenvalue weighted by Gasteiger charge is 2.13. The molecule has 0 fully saturated rings. The van der Waals surface area contributed by atoms with Crippen LogP contribution in [0.3, 0.4) is 0 Å². The van der Waals surface area contributed by atoms with E-state index >= 15 is 0 Å². The summed E-state index contributed by atoms with van der Waals surface area (Å²) in [5, 5.41) is 0. The Labute approximate surface area is 123 Å². The Kier molecular flexibility index (Phi) is 4.62. The average Bonchev–Trinajstić information content (AvgIpc) is 2.69. The topological polar surface area (TPSA) is 76.9 Å². The van der Waals surface area contributed by atoms with Crippen molar-refractivity contribution >= 4 is 32.8 Å². The molecular weight excluding hydrogens is 300 g/mol. The van der Waals surface area contributed by atoms with Crippen molar-refractivity contribution in [2.24, 2.45) is 0 Å². The highest BCUT2D eigenvalue weighted by molar-refractivity contribution is 7.88. The van der Waals surface area contributed by atoms with Gasteiger partial charge in [-0.2, -0.15) is 0 Å². The van der Waals surface area contributed by atoms with Gasteiger partial charge >= 0.3 is 0 Å². The zero-order valence-corrected chi connectivity index (χ0v) is 13.0. The molecule has 2 rings (SSSR count). The van der Waals surface area contributed by atoms with Crippen molar-refractivity contribution in [1.29, 1.82) is 0 Å². The van der Waals surface area contributed by atoms with Gasteiger partial charge in [0.25, 0.3) is 0 Å². The smallest absolute Gasteiger partial charge is 0.208 e. The molecule has 0 aromatic carbocycles. The lowest BCUT2D eigenvalue weighted by molar-refractivity contribution is 0.577. The molecule has 0 spiro atoms. The predicted octanol–water partition coefficient (Wildman–Crippen LogP) is 1.07. The Balaban J connectivity index is 2.34. The van der Waals surface area contributed by atoms with E-state index in [0.717, 1.165) is 28.8 Å². The molecular formula is C12H17ClN4O2S. The fourth-order valence-corrected chi connectivity index (χ4v) is 2.67. The van der Waals surface area contributed by atoms with E-state index in [0.29, 0.717) is 25.4 Å². The zero-order chi connectivity index (χ0) is 14.8. The molecule has 2 aromatic heterocycles. The molecule has 0 atom stereocenters. The number of pyridine rings is 1. The molecule has 0 bridgehead atoms. The Morgan fingerprint density at radius 2 is 2.20 bits per heavy atom. The molecule has 0 unspecified atom stereocenters. The Morgan fingerprint density at radius 1 is 1.45 bits per heavy atom. The molecule has 8 heteroatoms. The van der Waals surface area contributed by atoms with Gasteiger partial charge in [0.15, 0.2) is 5.65 Å². The number of sulfonamides is 1. The van der Waals surface area contributed by atoms with Gasteiger partial charge in [-0.05, 0) is 18.6 Å². The summed E-state index contributed by atoms with van der Waals surface area (Å²) in [4.78, 5) is 8.90. The van der Waals surface area contributed by atoms with Crippen LogP contribution in [-0.2, 0) is 23.0 Å². The Bertz CT molecular complexity index is 712. The number of imidazole rings is 1. The van der Waals surface area contributed by atoms with Gasteiger partial charge < -0.3 is 4.57 Å². The molecule has 0 aliphatic carbocycles. The number of aryl methyl sites for hydroxylation is 2. The van der Waals surface area contributed by atoms with Crippen molar-refractivity contribution in [2.75, 3.05) is 18.7 Å². The maximum absolute atomic E-state index is 11.1. The maximum atomic E-state index is 11.1. The molecule has 2 aromatic rings. The Morgan fingerprint density at radius 3 is 2.85 bits per heavy atom. The molecule has 0 aliphatic heterocycles. The van der Waals surface area contributed by atoms with Crippen LogP contribution in [0.25, 0.3) is 11.2 Å². The zero-order valence-electron chi connectivity index (χ0n) is 11.4. The SMILES string of the molecule is Cc1ccnc2c1nc(CCCl)n2CCNS(C)(=O)=O. The summed E-state index contributed by atoms with van der Waals surface area (Å²) in [5.41, 5.74) is 2.65. The fraction of sp³-hybridized carbons (Fsp3) is 0.500. The lowest BCUT2D eigenvalue weighted by Crippen LogP contribution is -2.26. The predicted molar refractivity (Wildman–Crippen MR) is 79.5 cm³/mol. The van der Waals surface area contributed by atoms with Crippen LogP contribution in [0.5, 0.6) is 0 Å². The lowest BCUT2D eigenvalue weighted by Gasteiger charge is -2.08. The van der Waals surface area contributed by atoms with Gasteiger partial charge in [0, 0.05) is 31.6 Å². The van der Waals surface area contributed by atoms with E-state index in [-0.39, 0.29) is 0 Å². The van der Waals surface area contributed by atoms with Crippen LogP contribution in [0.15, 0.2) is 12.3 Å². The number of halogens is 1. The number of hydrogen-bond acceptors (Lipinski definition) is 4. The minimum Gasteiger partial charge on any atom is -0.311 e. The molecule has 0 aliphatic rings. The monoisotopic (exact) mass is 316 g/mol. The summed E-state index contributed by atoms with van der Waals surface area (Å²) in [5.74, 6) is 1.29. The second-order valence-electron chi connectivity index (χ2n) is 4.59. The van der Waals surface area contributed by atoms with Gasteiger partial charge in [0.1, 0.15) is 11.3 Å². The second-order valence-corrected chi connectivity index (χ2v) is 6.80. The largest absolute Gasteiger partial charge is 0.311 e. The van der Waals surface area contributed by atoms with Crippen LogP contribution in [-0.4, -0.2) is 41.6 Å². The van der Waals surface area contributed by atoms with Crippen LogP contribution < -0.4 is 4.72 Å². The van der Waals surface area contributed by atoms with E-state index < -0.39 is 10.0 Å². The summed E-state index contributed by atoms with van der Waals surface area (Å²) >= 11 is 5.80. The number of alkyl halides is 1. The summed E-state index contributed by atoms with van der Waals surface area (Å²) < 4.78 is 26.6. The quantitative estimate of drug-likeness (QED) is 0.809. The third kappa shape index (κ3) is 3.47. The summed E-state index contributed by atoms with van der Waals surface area (Å²) in [7, 11) is -3.19. The standard InChI is InChI=1S/C12H17ClN4O2S/c1-9-4-6-14-12-11(9)16-10(3-5-13)17(12)8-7-15-20(2,18)19/h4,6,15H,3,5,7-8H2,1-2H3. The minimum atomic E-state index is -3.19. The van der Waals surface area contributed by atoms with Crippen molar-refractivity contribution in [1.82, 2.24) is 19.3 Å². The number of rotatable bonds is 6. The first kappa shape index (κ1) is 15.2. The van der Waals surface area contributed by atoms with Crippen molar-refractivity contribution < 1.29 is 8.42 Å². The number of nitrogens with one attached hydrogen (secondary N) is 1. The van der Waals surface area contributed by atoms with Crippen molar-refractivity contribution in [2.45, 2.75) is 19.9 Å². The van der Waals surface area contributed by atoms with E-state index in [1.807, 2.05) is 17.6 Å². The van der Waals surface area contributed by atoms with Crippen LogP contribution in [0, 0.1) is 6.92 Å². The van der Waals surface area contributed by atoms with Gasteiger partial charge in [-0.3, -0.25) is 0 Å². The van der Waals surface area contributed by atoms with Crippen LogP contribution in [0.1, 0.15) is 11.4 Å². The van der Waals surface area contributed by atoms with Gasteiger partial charge in [0.05, 0.1) is 6.26 Å². The van der Waals surface area contributed by atoms with Gasteiger partial charge in [-0.25, -0.2) is 23.1 Å². The maximum Gasteiger partial charge on any atom is 0.208 e. The van der Waals surface area contributed by atoms with E-state index in [1.54, 1.807) is 6.20 Å². The molecule has 0 amide bonds. The third-order valence-electron chi connectivity index (χ3n) is 2.93. The van der Waals surface area contributed by atoms with Crippen molar-refractivity contribution in [3.63, 3.8) is 0 Å². The summed E-state index contributed by atoms with van der Waals surface area (Å²) in [6.07, 6.45) is 3.49. The van der Waals surface area contributed by atoms with E-state index in [2.05, 4.69) is 14.7 Å². The molecule has 2 heterocycles. The minimum absolute atomic E-state index is 0.301. The summed E-state index contributed by atoms with van der Waals surface area (Å²) in [6, 6.07) is 1.90. The van der Waals surface area contributed by atoms with Crippen LogP contribution in [0.4, 0.5) is 0 Å². The van der Waals surface area contributed by atoms with E-state index in [4.69, 9.17) is 11.6 Å². The normalized spacial score (nSPS) is 12.2. The van der Waals surface area contributed by atoms with Gasteiger partial charge in [0.2, 0.25) is 10.0 Å². The Hall–Kier alpha value is -1.18. The molecule has 1 N–H and O–H groups in total. The summed E-state index contributed by atoms with van der Waals surface area (Å²) in [6.45, 7) is 2.75. The van der Waals surface area contributed by atoms with Gasteiger partial charge in [-0.15, -0.1) is 11.6 Å². The molecule has 20 heavy (non-hydrogen) atoms. The number of hydrogen-bond donors (Lipinski definition) is 1. The second kappa shape index (κ2) is 6.07. The molecule has 0 radical (unpaired) electrons. The first-order valence-corrected chi connectivity index (χ1v) is 8.66. The highest BCUT2D eigenvalue weighted by atomic mass is 35.5. The van der Waals surface area contributed by atoms with E-state index in [9.17, 15) is 8.42 Å². The number of fused-ring (bicyclic) bond motifs is 1. The first-order chi connectivity index (χ1) is 9.42. The highest BCUT2D eigenvalue weighted by Crippen LogP contribution is 2.17. The van der Waals surface area contributed by atoms with Crippen LogP contribution in [0.2, 0.25) is 0 Å². The van der Waals surface area contributed by atoms with Crippen molar-refractivity contribution in [3.8, 4) is 0 Å². The number of nitrogens with zero attached hydrogens (tertiary/aromatic N) is 3. The van der Waals surface area contributed by atoms with Crippen LogP contribution >= 0.6 is 11.6 Å². The molecule has 0 saturated carbocycles. The molecule has 0 saturated heterocycles. The third-order valence-corrected chi connectivity index (χ3v) is 3.85. The van der Waals surface area contributed by atoms with E-state index in [1.165, 1.54) is 0 Å². The number of aromatic nitrogens is 3. The molecule has 6 nitrogen and oxygen atoms in total. The lowest BCUT2D eigenvalue weighted by atomic mass is 10.3. The average molecular weight is 317 g/mol. The first-order valence-electron chi connectivity index (χ1n) is 6.23. The molecule has 110 valence electrons.